The van der Waals surface area contributed by atoms with Gasteiger partial charge in [-0.1, -0.05) is 35.3 Å². The number of nitriles is 1. The molecule has 0 heterocycles. The Morgan fingerprint density at radius 2 is 1.96 bits per heavy atom. The van der Waals surface area contributed by atoms with Gasteiger partial charge in [0.15, 0.2) is 11.5 Å². The van der Waals surface area contributed by atoms with Gasteiger partial charge in [-0.3, -0.25) is 0 Å². The van der Waals surface area contributed by atoms with Crippen LogP contribution in [0.5, 0.6) is 11.5 Å². The number of benzene rings is 2. The van der Waals surface area contributed by atoms with Crippen LogP contribution in [0, 0.1) is 11.3 Å². The van der Waals surface area contributed by atoms with Gasteiger partial charge in [0.25, 0.3) is 0 Å². The molecule has 26 heavy (non-hydrogen) atoms. The molecule has 2 aromatic carbocycles. The number of ether oxygens (including phenoxy) is 2. The monoisotopic (exact) mass is 392 g/mol. The largest absolute Gasteiger partial charge is 0.493 e. The first kappa shape index (κ1) is 20.4. The molecule has 0 aliphatic carbocycles. The minimum absolute atomic E-state index is 0.0712. The van der Waals surface area contributed by atoms with Crippen LogP contribution in [0.15, 0.2) is 36.4 Å². The Bertz CT molecular complexity index is 775. The van der Waals surface area contributed by atoms with Gasteiger partial charge >= 0.3 is 0 Å². The lowest BCUT2D eigenvalue weighted by atomic mass is 10.1. The highest BCUT2D eigenvalue weighted by Crippen LogP contribution is 2.29. The second kappa shape index (κ2) is 10.3. The van der Waals surface area contributed by atoms with E-state index in [0.717, 1.165) is 11.1 Å². The van der Waals surface area contributed by atoms with Gasteiger partial charge in [-0.25, -0.2) is 0 Å². The van der Waals surface area contributed by atoms with E-state index in [1.165, 1.54) is 0 Å². The minimum atomic E-state index is 0.0712. The van der Waals surface area contributed by atoms with Gasteiger partial charge in [0.1, 0.15) is 0 Å². The van der Waals surface area contributed by atoms with Gasteiger partial charge in [-0.05, 0) is 48.7 Å². The molecule has 0 aliphatic rings. The Morgan fingerprint density at radius 3 is 2.65 bits per heavy atom. The molecule has 0 amide bonds. The number of methoxy groups -OCH3 is 1. The Kier molecular flexibility index (Phi) is 8.06. The van der Waals surface area contributed by atoms with Crippen molar-refractivity contribution >= 4 is 23.2 Å². The van der Waals surface area contributed by atoms with Crippen molar-refractivity contribution in [3.05, 3.63) is 57.6 Å². The summed E-state index contributed by atoms with van der Waals surface area (Å²) in [7, 11) is 1.61. The number of unbranched alkanes of at least 4 members (excludes halogenated alkanes) is 1. The van der Waals surface area contributed by atoms with Crippen molar-refractivity contribution in [3.63, 3.8) is 0 Å². The molecule has 0 saturated carbocycles. The Morgan fingerprint density at radius 1 is 1.15 bits per heavy atom. The van der Waals surface area contributed by atoms with E-state index in [4.69, 9.17) is 37.9 Å². The van der Waals surface area contributed by atoms with E-state index in [-0.39, 0.29) is 6.04 Å². The van der Waals surface area contributed by atoms with Crippen molar-refractivity contribution in [2.45, 2.75) is 32.4 Å². The van der Waals surface area contributed by atoms with E-state index < -0.39 is 0 Å². The van der Waals surface area contributed by atoms with Gasteiger partial charge in [-0.15, -0.1) is 0 Å². The third-order valence-electron chi connectivity index (χ3n) is 3.96. The molecular formula is C20H22Cl2N2O2. The van der Waals surface area contributed by atoms with E-state index >= 15 is 0 Å². The topological polar surface area (TPSA) is 54.3 Å². The number of rotatable bonds is 9. The zero-order valence-electron chi connectivity index (χ0n) is 14.9. The summed E-state index contributed by atoms with van der Waals surface area (Å²) < 4.78 is 11.1. The van der Waals surface area contributed by atoms with Crippen LogP contribution in [-0.2, 0) is 6.54 Å². The Hall–Kier alpha value is -1.93. The van der Waals surface area contributed by atoms with Crippen molar-refractivity contribution in [2.75, 3.05) is 13.7 Å². The van der Waals surface area contributed by atoms with Crippen LogP contribution in [0.3, 0.4) is 0 Å². The minimum Gasteiger partial charge on any atom is -0.493 e. The summed E-state index contributed by atoms with van der Waals surface area (Å²) in [4.78, 5) is 0. The zero-order chi connectivity index (χ0) is 18.9. The molecule has 1 unspecified atom stereocenters. The summed E-state index contributed by atoms with van der Waals surface area (Å²) in [6, 6.07) is 13.5. The quantitative estimate of drug-likeness (QED) is 0.569. The molecule has 2 aromatic rings. The summed E-state index contributed by atoms with van der Waals surface area (Å²) in [5.41, 5.74) is 2.07. The van der Waals surface area contributed by atoms with Crippen LogP contribution in [0.1, 0.15) is 36.9 Å². The second-order valence-electron chi connectivity index (χ2n) is 5.86. The van der Waals surface area contributed by atoms with Crippen molar-refractivity contribution in [2.24, 2.45) is 0 Å². The molecule has 0 saturated heterocycles. The zero-order valence-corrected chi connectivity index (χ0v) is 16.4. The summed E-state index contributed by atoms with van der Waals surface area (Å²) in [5.74, 6) is 1.36. The SMILES string of the molecule is COc1ccc(CNC(C)c2ccc(Cl)cc2Cl)cc1OCCCC#N. The first-order valence-corrected chi connectivity index (χ1v) is 9.15. The maximum Gasteiger partial charge on any atom is 0.161 e. The molecule has 0 bridgehead atoms. The van der Waals surface area contributed by atoms with Gasteiger partial charge in [0.2, 0.25) is 0 Å². The number of nitrogens with one attached hydrogen (secondary N) is 1. The van der Waals surface area contributed by atoms with E-state index in [9.17, 15) is 0 Å². The van der Waals surface area contributed by atoms with Crippen LogP contribution >= 0.6 is 23.2 Å². The predicted octanol–water partition coefficient (Wildman–Crippen LogP) is 5.54. The van der Waals surface area contributed by atoms with Crippen LogP contribution in [0.25, 0.3) is 0 Å². The lowest BCUT2D eigenvalue weighted by Gasteiger charge is -2.17. The van der Waals surface area contributed by atoms with E-state index in [1.807, 2.05) is 30.3 Å². The van der Waals surface area contributed by atoms with Gasteiger partial charge in [0.05, 0.1) is 19.8 Å². The lowest BCUT2D eigenvalue weighted by Crippen LogP contribution is -2.18. The van der Waals surface area contributed by atoms with Crippen LogP contribution in [0.2, 0.25) is 10.0 Å². The fourth-order valence-electron chi connectivity index (χ4n) is 2.51. The maximum absolute atomic E-state index is 8.60. The molecule has 1 N–H and O–H groups in total. The molecule has 0 aliphatic heterocycles. The normalized spacial score (nSPS) is 11.7. The van der Waals surface area contributed by atoms with Crippen molar-refractivity contribution < 1.29 is 9.47 Å². The summed E-state index contributed by atoms with van der Waals surface area (Å²) >= 11 is 12.2. The molecular weight excluding hydrogens is 371 g/mol. The maximum atomic E-state index is 8.60. The highest BCUT2D eigenvalue weighted by Gasteiger charge is 2.11. The fourth-order valence-corrected chi connectivity index (χ4v) is 3.08. The highest BCUT2D eigenvalue weighted by molar-refractivity contribution is 6.35. The van der Waals surface area contributed by atoms with Gasteiger partial charge < -0.3 is 14.8 Å². The molecule has 1 atom stereocenters. The fraction of sp³-hybridized carbons (Fsp3) is 0.350. The number of halogens is 2. The highest BCUT2D eigenvalue weighted by atomic mass is 35.5. The van der Waals surface area contributed by atoms with Gasteiger partial charge in [-0.2, -0.15) is 5.26 Å². The smallest absolute Gasteiger partial charge is 0.161 e. The average molecular weight is 393 g/mol. The molecule has 0 radical (unpaired) electrons. The summed E-state index contributed by atoms with van der Waals surface area (Å²) in [6.07, 6.45) is 1.16. The van der Waals surface area contributed by atoms with Crippen molar-refractivity contribution in [3.8, 4) is 17.6 Å². The third kappa shape index (κ3) is 5.81. The molecule has 0 fully saturated rings. The molecule has 4 nitrogen and oxygen atoms in total. The van der Waals surface area contributed by atoms with Crippen molar-refractivity contribution in [1.29, 1.82) is 5.26 Å². The number of hydrogen-bond donors (Lipinski definition) is 1. The number of hydrogen-bond acceptors (Lipinski definition) is 4. The Labute approximate surface area is 164 Å². The van der Waals surface area contributed by atoms with E-state index in [1.54, 1.807) is 13.2 Å². The summed E-state index contributed by atoms with van der Waals surface area (Å²) in [6.45, 7) is 3.19. The average Bonchev–Trinajstić information content (AvgIpc) is 2.63. The molecule has 2 rings (SSSR count). The summed E-state index contributed by atoms with van der Waals surface area (Å²) in [5, 5.41) is 13.3. The molecule has 6 heteroatoms. The lowest BCUT2D eigenvalue weighted by molar-refractivity contribution is 0.290. The predicted molar refractivity (Wildman–Crippen MR) is 105 cm³/mol. The van der Waals surface area contributed by atoms with E-state index in [0.29, 0.717) is 47.5 Å². The molecule has 138 valence electrons. The van der Waals surface area contributed by atoms with Crippen LogP contribution in [-0.4, -0.2) is 13.7 Å². The second-order valence-corrected chi connectivity index (χ2v) is 6.71. The molecule has 0 spiro atoms. The standard InChI is InChI=1S/C20H22Cl2N2O2/c1-14(17-7-6-16(21)12-18(17)22)24-13-15-5-8-19(25-2)20(11-15)26-10-4-3-9-23/h5-8,11-12,14,24H,3-4,10,13H2,1-2H3. The third-order valence-corrected chi connectivity index (χ3v) is 4.52. The molecule has 0 aromatic heterocycles. The first-order valence-electron chi connectivity index (χ1n) is 8.40. The van der Waals surface area contributed by atoms with Gasteiger partial charge in [0, 0.05) is 29.1 Å². The van der Waals surface area contributed by atoms with E-state index in [2.05, 4.69) is 18.3 Å². The van der Waals surface area contributed by atoms with Crippen LogP contribution < -0.4 is 14.8 Å². The first-order chi connectivity index (χ1) is 12.5. The number of nitrogens with zero attached hydrogens (tertiary/aromatic N) is 1. The van der Waals surface area contributed by atoms with Crippen molar-refractivity contribution in [1.82, 2.24) is 5.32 Å². The Balaban J connectivity index is 2.01. The van der Waals surface area contributed by atoms with Crippen LogP contribution in [0.4, 0.5) is 0 Å².